The first-order valence-electron chi connectivity index (χ1n) is 11.9. The molecule has 0 radical (unpaired) electrons. The summed E-state index contributed by atoms with van der Waals surface area (Å²) in [6, 6.07) is 7.45. The van der Waals surface area contributed by atoms with E-state index in [-0.39, 0.29) is 5.56 Å². The van der Waals surface area contributed by atoms with E-state index in [9.17, 15) is 0 Å². The summed E-state index contributed by atoms with van der Waals surface area (Å²) in [4.78, 5) is 13.0. The molecule has 0 bridgehead atoms. The second-order valence-corrected chi connectivity index (χ2v) is 14.4. The molecule has 1 aromatic carbocycles. The molecule has 2 unspecified atom stereocenters. The molecule has 3 aromatic rings. The standard InChI is InChI=1S/C25H32BrF3N4OSi/c1-7-35(8-2,9-3)34-16(5)25(28,29)20-12-10-11-18(23(20)27)15(4)31-24-19-13-22(26)30-14-21(19)32-17(6)33-24/h10-16H,7-9H2,1-6H3,(H,31,32,33). The highest BCUT2D eigenvalue weighted by Crippen LogP contribution is 2.40. The van der Waals surface area contributed by atoms with Gasteiger partial charge in [-0.25, -0.2) is 19.3 Å². The summed E-state index contributed by atoms with van der Waals surface area (Å²) >= 11 is 3.34. The summed E-state index contributed by atoms with van der Waals surface area (Å²) in [5.74, 6) is -3.44. The van der Waals surface area contributed by atoms with Crippen LogP contribution in [-0.4, -0.2) is 29.4 Å². The van der Waals surface area contributed by atoms with Gasteiger partial charge in [-0.2, -0.15) is 8.78 Å². The maximum Gasteiger partial charge on any atom is 0.300 e. The smallest absolute Gasteiger partial charge is 0.300 e. The van der Waals surface area contributed by atoms with Gasteiger partial charge in [0.05, 0.1) is 23.3 Å². The van der Waals surface area contributed by atoms with E-state index < -0.39 is 37.8 Å². The van der Waals surface area contributed by atoms with Crippen molar-refractivity contribution in [3.63, 3.8) is 0 Å². The molecule has 2 aromatic heterocycles. The largest absolute Gasteiger partial charge is 0.408 e. The molecule has 10 heteroatoms. The Hall–Kier alpha value is -2.04. The highest BCUT2D eigenvalue weighted by atomic mass is 79.9. The summed E-state index contributed by atoms with van der Waals surface area (Å²) in [6.45, 7) is 10.7. The van der Waals surface area contributed by atoms with Crippen LogP contribution in [0.15, 0.2) is 35.1 Å². The summed E-state index contributed by atoms with van der Waals surface area (Å²) in [5, 5.41) is 3.86. The molecule has 2 heterocycles. The predicted molar refractivity (Wildman–Crippen MR) is 140 cm³/mol. The quantitative estimate of drug-likeness (QED) is 0.199. The number of rotatable bonds is 10. The van der Waals surface area contributed by atoms with E-state index in [1.165, 1.54) is 19.1 Å². The van der Waals surface area contributed by atoms with E-state index in [0.29, 0.717) is 27.1 Å². The highest BCUT2D eigenvalue weighted by Gasteiger charge is 2.46. The van der Waals surface area contributed by atoms with Crippen LogP contribution in [0.3, 0.4) is 0 Å². The number of aryl methyl sites for hydroxylation is 1. The van der Waals surface area contributed by atoms with E-state index in [0.717, 1.165) is 24.2 Å². The van der Waals surface area contributed by atoms with Gasteiger partial charge in [-0.1, -0.05) is 32.9 Å². The van der Waals surface area contributed by atoms with Crippen molar-refractivity contribution in [3.05, 3.63) is 57.8 Å². The fourth-order valence-electron chi connectivity index (χ4n) is 4.33. The molecule has 190 valence electrons. The molecular formula is C25H32BrF3N4OSi. The normalized spacial score (nSPS) is 14.2. The van der Waals surface area contributed by atoms with Crippen molar-refractivity contribution in [1.82, 2.24) is 15.0 Å². The van der Waals surface area contributed by atoms with Crippen LogP contribution in [0.1, 0.15) is 57.6 Å². The van der Waals surface area contributed by atoms with Gasteiger partial charge in [0.1, 0.15) is 28.2 Å². The average molecular weight is 570 g/mol. The van der Waals surface area contributed by atoms with Gasteiger partial charge in [-0.15, -0.1) is 0 Å². The lowest BCUT2D eigenvalue weighted by molar-refractivity contribution is -0.101. The molecular weight excluding hydrogens is 537 g/mol. The average Bonchev–Trinajstić information content (AvgIpc) is 2.82. The Balaban J connectivity index is 1.94. The zero-order valence-electron chi connectivity index (χ0n) is 20.9. The number of alkyl halides is 2. The van der Waals surface area contributed by atoms with Crippen LogP contribution in [-0.2, 0) is 10.3 Å². The van der Waals surface area contributed by atoms with E-state index in [2.05, 4.69) is 36.2 Å². The molecule has 0 spiro atoms. The summed E-state index contributed by atoms with van der Waals surface area (Å²) in [6.07, 6.45) is 0.180. The van der Waals surface area contributed by atoms with E-state index in [4.69, 9.17) is 4.43 Å². The molecule has 3 rings (SSSR count). The molecule has 0 saturated heterocycles. The first-order valence-corrected chi connectivity index (χ1v) is 15.2. The van der Waals surface area contributed by atoms with Gasteiger partial charge in [0.2, 0.25) is 0 Å². The molecule has 2 atom stereocenters. The molecule has 0 aliphatic heterocycles. The van der Waals surface area contributed by atoms with Gasteiger partial charge < -0.3 is 9.74 Å². The van der Waals surface area contributed by atoms with Crippen LogP contribution < -0.4 is 5.32 Å². The molecule has 0 aliphatic rings. The predicted octanol–water partition coefficient (Wildman–Crippen LogP) is 7.91. The first kappa shape index (κ1) is 27.5. The fourth-order valence-corrected chi connectivity index (χ4v) is 7.55. The van der Waals surface area contributed by atoms with Crippen molar-refractivity contribution in [3.8, 4) is 0 Å². The SMILES string of the molecule is CC[Si](CC)(CC)OC(C)C(F)(F)c1cccc(C(C)Nc2nc(C)nc3cnc(Br)cc23)c1F. The zero-order chi connectivity index (χ0) is 26.0. The topological polar surface area (TPSA) is 59.9 Å². The molecule has 0 aliphatic carbocycles. The van der Waals surface area contributed by atoms with Gasteiger partial charge in [0, 0.05) is 10.9 Å². The van der Waals surface area contributed by atoms with Crippen molar-refractivity contribution in [2.45, 2.75) is 77.7 Å². The minimum atomic E-state index is -3.48. The fraction of sp³-hybridized carbons (Fsp3) is 0.480. The Morgan fingerprint density at radius 1 is 1.11 bits per heavy atom. The number of aromatic nitrogens is 3. The summed E-state index contributed by atoms with van der Waals surface area (Å²) in [7, 11) is -2.30. The van der Waals surface area contributed by atoms with Crippen LogP contribution in [0.25, 0.3) is 10.9 Å². The van der Waals surface area contributed by atoms with Crippen molar-refractivity contribution in [2.24, 2.45) is 0 Å². The number of benzene rings is 1. The number of halogens is 4. The minimum absolute atomic E-state index is 0.122. The summed E-state index contributed by atoms with van der Waals surface area (Å²) < 4.78 is 53.3. The third kappa shape index (κ3) is 5.70. The third-order valence-electron chi connectivity index (χ3n) is 6.74. The van der Waals surface area contributed by atoms with Crippen molar-refractivity contribution in [2.75, 3.05) is 5.32 Å². The maximum atomic E-state index is 15.6. The molecule has 0 fully saturated rings. The number of nitrogens with zero attached hydrogens (tertiary/aromatic N) is 3. The lowest BCUT2D eigenvalue weighted by atomic mass is 9.97. The van der Waals surface area contributed by atoms with E-state index in [1.54, 1.807) is 26.1 Å². The highest BCUT2D eigenvalue weighted by molar-refractivity contribution is 9.10. The van der Waals surface area contributed by atoms with Crippen LogP contribution in [0.4, 0.5) is 19.0 Å². The number of anilines is 1. The Labute approximate surface area is 214 Å². The van der Waals surface area contributed by atoms with Gasteiger partial charge in [-0.05, 0) is 67.0 Å². The maximum absolute atomic E-state index is 15.6. The molecule has 5 nitrogen and oxygen atoms in total. The lowest BCUT2D eigenvalue weighted by Crippen LogP contribution is -2.44. The lowest BCUT2D eigenvalue weighted by Gasteiger charge is -2.35. The first-order chi connectivity index (χ1) is 16.5. The Kier molecular flexibility index (Phi) is 8.59. The Bertz CT molecular complexity index is 1180. The van der Waals surface area contributed by atoms with Gasteiger partial charge in [0.25, 0.3) is 5.92 Å². The number of pyridine rings is 1. The van der Waals surface area contributed by atoms with Crippen molar-refractivity contribution >= 4 is 41.0 Å². The van der Waals surface area contributed by atoms with Gasteiger partial charge in [-0.3, -0.25) is 0 Å². The number of nitrogens with one attached hydrogen (secondary N) is 1. The van der Waals surface area contributed by atoms with E-state index >= 15 is 13.2 Å². The van der Waals surface area contributed by atoms with Gasteiger partial charge >= 0.3 is 0 Å². The monoisotopic (exact) mass is 568 g/mol. The molecule has 1 N–H and O–H groups in total. The van der Waals surface area contributed by atoms with Gasteiger partial charge in [0.15, 0.2) is 8.32 Å². The molecule has 0 amide bonds. The number of fused-ring (bicyclic) bond motifs is 1. The number of hydrogen-bond donors (Lipinski definition) is 1. The van der Waals surface area contributed by atoms with Crippen LogP contribution >= 0.6 is 15.9 Å². The van der Waals surface area contributed by atoms with Crippen molar-refractivity contribution in [1.29, 1.82) is 0 Å². The van der Waals surface area contributed by atoms with Crippen LogP contribution in [0, 0.1) is 12.7 Å². The van der Waals surface area contributed by atoms with E-state index in [1.807, 2.05) is 20.8 Å². The second-order valence-electron chi connectivity index (χ2n) is 8.85. The molecule has 0 saturated carbocycles. The number of hydrogen-bond acceptors (Lipinski definition) is 5. The van der Waals surface area contributed by atoms with Crippen LogP contribution in [0.5, 0.6) is 0 Å². The molecule has 35 heavy (non-hydrogen) atoms. The zero-order valence-corrected chi connectivity index (χ0v) is 23.5. The summed E-state index contributed by atoms with van der Waals surface area (Å²) in [5.41, 5.74) is 0.0903. The van der Waals surface area contributed by atoms with Crippen molar-refractivity contribution < 1.29 is 17.6 Å². The Morgan fingerprint density at radius 2 is 1.77 bits per heavy atom. The second kappa shape index (κ2) is 10.9. The third-order valence-corrected chi connectivity index (χ3v) is 11.9. The van der Waals surface area contributed by atoms with Crippen LogP contribution in [0.2, 0.25) is 18.1 Å². The minimum Gasteiger partial charge on any atom is -0.408 e. The Morgan fingerprint density at radius 3 is 2.40 bits per heavy atom.